The molecule has 0 saturated heterocycles. The summed E-state index contributed by atoms with van der Waals surface area (Å²) < 4.78 is 39.9. The smallest absolute Gasteiger partial charge is 0.406 e. The summed E-state index contributed by atoms with van der Waals surface area (Å²) in [7, 11) is 0. The molecule has 2 nitrogen and oxygen atoms in total. The van der Waals surface area contributed by atoms with Gasteiger partial charge in [-0.2, -0.15) is 0 Å². The lowest BCUT2D eigenvalue weighted by molar-refractivity contribution is -0.274. The summed E-state index contributed by atoms with van der Waals surface area (Å²) in [5, 5.41) is 3.50. The maximum absolute atomic E-state index is 12.0. The Hall–Kier alpha value is -1.23. The van der Waals surface area contributed by atoms with Crippen molar-refractivity contribution in [3.05, 3.63) is 29.8 Å². The van der Waals surface area contributed by atoms with Crippen molar-refractivity contribution in [2.24, 2.45) is 0 Å². The van der Waals surface area contributed by atoms with Crippen LogP contribution in [-0.2, 0) is 6.54 Å². The van der Waals surface area contributed by atoms with Crippen LogP contribution in [0.3, 0.4) is 0 Å². The van der Waals surface area contributed by atoms with E-state index in [9.17, 15) is 13.2 Å². The Morgan fingerprint density at radius 2 is 1.84 bits per heavy atom. The van der Waals surface area contributed by atoms with E-state index < -0.39 is 6.36 Å². The van der Waals surface area contributed by atoms with E-state index in [1.54, 1.807) is 12.1 Å². The van der Waals surface area contributed by atoms with Gasteiger partial charge >= 0.3 is 6.36 Å². The number of ether oxygens (including phenoxy) is 1. The number of halogens is 3. The van der Waals surface area contributed by atoms with E-state index in [2.05, 4.69) is 17.0 Å². The molecule has 0 heterocycles. The van der Waals surface area contributed by atoms with Gasteiger partial charge in [-0.3, -0.25) is 0 Å². The number of benzene rings is 1. The zero-order valence-corrected chi connectivity index (χ0v) is 10.9. The lowest BCUT2D eigenvalue weighted by Gasteiger charge is -2.42. The highest BCUT2D eigenvalue weighted by atomic mass is 19.4. The molecule has 0 amide bonds. The molecule has 0 aromatic heterocycles. The minimum atomic E-state index is -4.63. The van der Waals surface area contributed by atoms with Crippen molar-refractivity contribution in [2.75, 3.05) is 0 Å². The molecule has 1 aliphatic rings. The van der Waals surface area contributed by atoms with Crippen LogP contribution in [0.4, 0.5) is 13.2 Å². The zero-order chi connectivity index (χ0) is 13.9. The Kier molecular flexibility index (Phi) is 4.04. The Bertz CT molecular complexity index is 404. The molecular weight excluding hydrogens is 255 g/mol. The lowest BCUT2D eigenvalue weighted by Crippen LogP contribution is -2.49. The predicted octanol–water partition coefficient (Wildman–Crippen LogP) is 4.01. The summed E-state index contributed by atoms with van der Waals surface area (Å²) in [6, 6.07) is 6.03. The van der Waals surface area contributed by atoms with Gasteiger partial charge < -0.3 is 10.1 Å². The van der Waals surface area contributed by atoms with E-state index in [1.165, 1.54) is 31.4 Å². The minimum Gasteiger partial charge on any atom is -0.406 e. The van der Waals surface area contributed by atoms with Crippen molar-refractivity contribution in [3.63, 3.8) is 0 Å². The average Bonchev–Trinajstić information content (AvgIpc) is 2.28. The maximum Gasteiger partial charge on any atom is 0.573 e. The van der Waals surface area contributed by atoms with Gasteiger partial charge in [0.1, 0.15) is 5.75 Å². The first-order valence-corrected chi connectivity index (χ1v) is 6.52. The second kappa shape index (κ2) is 5.41. The normalized spacial score (nSPS) is 17.9. The summed E-state index contributed by atoms with van der Waals surface area (Å²) in [4.78, 5) is 0. The molecule has 0 spiro atoms. The van der Waals surface area contributed by atoms with E-state index in [0.29, 0.717) is 6.54 Å². The van der Waals surface area contributed by atoms with Gasteiger partial charge in [0.05, 0.1) is 0 Å². The first kappa shape index (κ1) is 14.2. The summed E-state index contributed by atoms with van der Waals surface area (Å²) >= 11 is 0. The molecule has 1 aromatic rings. The molecule has 0 unspecified atom stereocenters. The molecule has 1 N–H and O–H groups in total. The number of rotatable bonds is 5. The Morgan fingerprint density at radius 1 is 1.21 bits per heavy atom. The van der Waals surface area contributed by atoms with Crippen LogP contribution in [0.1, 0.15) is 38.2 Å². The summed E-state index contributed by atoms with van der Waals surface area (Å²) in [5.41, 5.74) is 1.20. The highest BCUT2D eigenvalue weighted by Gasteiger charge is 2.34. The van der Waals surface area contributed by atoms with Crippen LogP contribution in [0, 0.1) is 0 Å². The largest absolute Gasteiger partial charge is 0.573 e. The molecule has 0 atom stereocenters. The van der Waals surface area contributed by atoms with Crippen LogP contribution in [0.15, 0.2) is 24.3 Å². The van der Waals surface area contributed by atoms with E-state index in [-0.39, 0.29) is 11.3 Å². The predicted molar refractivity (Wildman–Crippen MR) is 66.8 cm³/mol. The third-order valence-electron chi connectivity index (χ3n) is 3.81. The van der Waals surface area contributed by atoms with Crippen molar-refractivity contribution < 1.29 is 17.9 Å². The first-order chi connectivity index (χ1) is 8.92. The van der Waals surface area contributed by atoms with Gasteiger partial charge in [0.2, 0.25) is 0 Å². The van der Waals surface area contributed by atoms with Crippen molar-refractivity contribution >= 4 is 0 Å². The van der Waals surface area contributed by atoms with E-state index in [4.69, 9.17) is 0 Å². The van der Waals surface area contributed by atoms with Gasteiger partial charge in [0.25, 0.3) is 0 Å². The molecule has 19 heavy (non-hydrogen) atoms. The second-order valence-corrected chi connectivity index (χ2v) is 5.03. The number of alkyl halides is 3. The highest BCUT2D eigenvalue weighted by Crippen LogP contribution is 2.34. The topological polar surface area (TPSA) is 21.3 Å². The van der Waals surface area contributed by atoms with Crippen molar-refractivity contribution in [1.29, 1.82) is 0 Å². The van der Waals surface area contributed by atoms with E-state index in [1.807, 2.05) is 0 Å². The molecular formula is C14H18F3NO. The SMILES string of the molecule is CCC1(NCc2ccc(OC(F)(F)F)cc2)CCC1. The summed E-state index contributed by atoms with van der Waals surface area (Å²) in [5.74, 6) is -0.176. The van der Waals surface area contributed by atoms with Gasteiger partial charge in [0, 0.05) is 12.1 Å². The number of nitrogens with one attached hydrogen (secondary N) is 1. The van der Waals surface area contributed by atoms with Crippen LogP contribution in [0.5, 0.6) is 5.75 Å². The molecule has 106 valence electrons. The fraction of sp³-hybridized carbons (Fsp3) is 0.571. The van der Waals surface area contributed by atoms with Crippen LogP contribution in [0.2, 0.25) is 0 Å². The summed E-state index contributed by atoms with van der Waals surface area (Å²) in [6.07, 6.45) is 0.0664. The van der Waals surface area contributed by atoms with Gasteiger partial charge in [-0.15, -0.1) is 13.2 Å². The minimum absolute atomic E-state index is 0.176. The first-order valence-electron chi connectivity index (χ1n) is 6.52. The molecule has 1 aromatic carbocycles. The van der Waals surface area contributed by atoms with Gasteiger partial charge in [-0.05, 0) is 43.4 Å². The van der Waals surface area contributed by atoms with E-state index >= 15 is 0 Å². The van der Waals surface area contributed by atoms with Crippen LogP contribution in [0.25, 0.3) is 0 Å². The van der Waals surface area contributed by atoms with E-state index in [0.717, 1.165) is 12.0 Å². The standard InChI is InChI=1S/C14H18F3NO/c1-2-13(8-3-9-13)18-10-11-4-6-12(7-5-11)19-14(15,16)17/h4-7,18H,2-3,8-10H2,1H3. The fourth-order valence-electron chi connectivity index (χ4n) is 2.36. The lowest BCUT2D eigenvalue weighted by atomic mass is 9.75. The second-order valence-electron chi connectivity index (χ2n) is 5.03. The highest BCUT2D eigenvalue weighted by molar-refractivity contribution is 5.27. The molecule has 1 fully saturated rings. The Balaban J connectivity index is 1.88. The van der Waals surface area contributed by atoms with Crippen LogP contribution in [-0.4, -0.2) is 11.9 Å². The molecule has 1 saturated carbocycles. The number of hydrogen-bond acceptors (Lipinski definition) is 2. The molecule has 0 bridgehead atoms. The fourth-order valence-corrected chi connectivity index (χ4v) is 2.36. The monoisotopic (exact) mass is 273 g/mol. The molecule has 1 aliphatic carbocycles. The van der Waals surface area contributed by atoms with Gasteiger partial charge in [-0.25, -0.2) is 0 Å². The van der Waals surface area contributed by atoms with Gasteiger partial charge in [-0.1, -0.05) is 19.1 Å². The van der Waals surface area contributed by atoms with Crippen LogP contribution >= 0.6 is 0 Å². The molecule has 0 radical (unpaired) electrons. The number of hydrogen-bond donors (Lipinski definition) is 1. The van der Waals surface area contributed by atoms with Crippen molar-refractivity contribution in [2.45, 2.75) is 51.1 Å². The summed E-state index contributed by atoms with van der Waals surface area (Å²) in [6.45, 7) is 2.84. The Labute approximate surface area is 111 Å². The molecule has 2 rings (SSSR count). The van der Waals surface area contributed by atoms with Crippen molar-refractivity contribution in [1.82, 2.24) is 5.32 Å². The molecule has 5 heteroatoms. The maximum atomic E-state index is 12.0. The van der Waals surface area contributed by atoms with Gasteiger partial charge in [0.15, 0.2) is 0 Å². The van der Waals surface area contributed by atoms with Crippen LogP contribution < -0.4 is 10.1 Å². The van der Waals surface area contributed by atoms with Crippen molar-refractivity contribution in [3.8, 4) is 5.75 Å². The third kappa shape index (κ3) is 3.86. The zero-order valence-electron chi connectivity index (χ0n) is 10.9. The Morgan fingerprint density at radius 3 is 2.26 bits per heavy atom. The quantitative estimate of drug-likeness (QED) is 0.875. The third-order valence-corrected chi connectivity index (χ3v) is 3.81. The average molecular weight is 273 g/mol. The molecule has 0 aliphatic heterocycles.